The number of nitrogens with one attached hydrogen (secondary N) is 2. The van der Waals surface area contributed by atoms with E-state index in [4.69, 9.17) is 0 Å². The summed E-state index contributed by atoms with van der Waals surface area (Å²) in [6.45, 7) is 3.95. The Morgan fingerprint density at radius 3 is 2.94 bits per heavy atom. The van der Waals surface area contributed by atoms with Crippen molar-refractivity contribution in [2.45, 2.75) is 19.9 Å². The quantitative estimate of drug-likeness (QED) is 0.851. The fourth-order valence-corrected chi connectivity index (χ4v) is 2.07. The summed E-state index contributed by atoms with van der Waals surface area (Å²) in [5, 5.41) is 3.98. The van der Waals surface area contributed by atoms with E-state index in [2.05, 4.69) is 20.3 Å². The van der Waals surface area contributed by atoms with Gasteiger partial charge >= 0.3 is 0 Å². The van der Waals surface area contributed by atoms with Gasteiger partial charge in [-0.15, -0.1) is 11.3 Å². The van der Waals surface area contributed by atoms with Crippen LogP contribution in [0.5, 0.6) is 0 Å². The molecular formula is C10H12N4OS. The molecular weight excluding hydrogens is 224 g/mol. The first-order valence-electron chi connectivity index (χ1n) is 4.89. The van der Waals surface area contributed by atoms with E-state index in [0.717, 1.165) is 9.88 Å². The van der Waals surface area contributed by atoms with Gasteiger partial charge in [-0.25, -0.2) is 9.97 Å². The number of rotatable bonds is 3. The molecule has 0 radical (unpaired) electrons. The molecule has 2 aromatic rings. The predicted octanol–water partition coefficient (Wildman–Crippen LogP) is 1.71. The van der Waals surface area contributed by atoms with Gasteiger partial charge in [-0.05, 0) is 13.8 Å². The summed E-state index contributed by atoms with van der Waals surface area (Å²) in [5.74, 6) is 0.322. The smallest absolute Gasteiger partial charge is 0.290 e. The molecule has 0 fully saturated rings. The highest BCUT2D eigenvalue weighted by Gasteiger charge is 2.11. The van der Waals surface area contributed by atoms with Gasteiger partial charge in [-0.1, -0.05) is 0 Å². The van der Waals surface area contributed by atoms with E-state index in [1.807, 2.05) is 20.0 Å². The Morgan fingerprint density at radius 2 is 2.31 bits per heavy atom. The number of anilines is 1. The first kappa shape index (κ1) is 10.8. The van der Waals surface area contributed by atoms with Gasteiger partial charge in [0.05, 0.1) is 6.04 Å². The number of thiazole rings is 1. The lowest BCUT2D eigenvalue weighted by Gasteiger charge is -2.10. The average Bonchev–Trinajstić information content (AvgIpc) is 2.68. The summed E-state index contributed by atoms with van der Waals surface area (Å²) >= 11 is 1.61. The molecule has 16 heavy (non-hydrogen) atoms. The van der Waals surface area contributed by atoms with Crippen molar-refractivity contribution in [2.24, 2.45) is 0 Å². The normalized spacial score (nSPS) is 12.4. The van der Waals surface area contributed by atoms with Crippen molar-refractivity contribution in [3.8, 4) is 0 Å². The van der Waals surface area contributed by atoms with Crippen molar-refractivity contribution in [3.63, 3.8) is 0 Å². The van der Waals surface area contributed by atoms with Crippen molar-refractivity contribution in [3.05, 3.63) is 38.8 Å². The van der Waals surface area contributed by atoms with Crippen molar-refractivity contribution < 1.29 is 0 Å². The monoisotopic (exact) mass is 236 g/mol. The second-order valence-electron chi connectivity index (χ2n) is 3.44. The third kappa shape index (κ3) is 2.27. The Hall–Kier alpha value is -1.69. The molecule has 0 bridgehead atoms. The van der Waals surface area contributed by atoms with Gasteiger partial charge < -0.3 is 10.3 Å². The number of H-pyrrole nitrogens is 1. The molecule has 0 aromatic carbocycles. The molecule has 0 saturated heterocycles. The van der Waals surface area contributed by atoms with Crippen LogP contribution in [0.1, 0.15) is 22.9 Å². The van der Waals surface area contributed by atoms with Gasteiger partial charge in [-0.2, -0.15) is 0 Å². The Kier molecular flexibility index (Phi) is 3.00. The minimum atomic E-state index is -0.220. The minimum Gasteiger partial charge on any atom is -0.357 e. The molecule has 0 aliphatic carbocycles. The van der Waals surface area contributed by atoms with Crippen molar-refractivity contribution in [2.75, 3.05) is 5.32 Å². The molecule has 0 aliphatic heterocycles. The third-order valence-corrected chi connectivity index (χ3v) is 3.17. The number of aryl methyl sites for hydroxylation is 1. The highest BCUT2D eigenvalue weighted by atomic mass is 32.1. The number of nitrogens with zero attached hydrogens (tertiary/aromatic N) is 2. The molecule has 5 nitrogen and oxygen atoms in total. The number of hydrogen-bond acceptors (Lipinski definition) is 5. The van der Waals surface area contributed by atoms with Crippen LogP contribution >= 0.6 is 11.3 Å². The maximum atomic E-state index is 11.4. The van der Waals surface area contributed by atoms with E-state index in [-0.39, 0.29) is 11.6 Å². The molecule has 0 spiro atoms. The second-order valence-corrected chi connectivity index (χ2v) is 4.71. The van der Waals surface area contributed by atoms with E-state index in [1.54, 1.807) is 17.5 Å². The Bertz CT molecular complexity index is 533. The SMILES string of the molecule is Cc1cnc(C(C)Nc2ncc[nH]c2=O)s1. The molecule has 84 valence electrons. The number of hydrogen-bond donors (Lipinski definition) is 2. The Morgan fingerprint density at radius 1 is 1.50 bits per heavy atom. The first-order chi connectivity index (χ1) is 7.66. The van der Waals surface area contributed by atoms with Crippen molar-refractivity contribution in [1.82, 2.24) is 15.0 Å². The average molecular weight is 236 g/mol. The topological polar surface area (TPSA) is 70.7 Å². The highest BCUT2D eigenvalue weighted by Crippen LogP contribution is 2.20. The molecule has 2 aromatic heterocycles. The Labute approximate surface area is 96.6 Å². The van der Waals surface area contributed by atoms with Gasteiger partial charge in [0, 0.05) is 23.5 Å². The second kappa shape index (κ2) is 4.44. The molecule has 1 atom stereocenters. The molecule has 2 rings (SSSR count). The maximum absolute atomic E-state index is 11.4. The molecule has 0 saturated carbocycles. The van der Waals surface area contributed by atoms with Crippen LogP contribution in [0.15, 0.2) is 23.4 Å². The summed E-state index contributed by atoms with van der Waals surface area (Å²) in [7, 11) is 0. The highest BCUT2D eigenvalue weighted by molar-refractivity contribution is 7.11. The molecule has 0 amide bonds. The maximum Gasteiger partial charge on any atom is 0.290 e. The van der Waals surface area contributed by atoms with Crippen molar-refractivity contribution >= 4 is 17.2 Å². The van der Waals surface area contributed by atoms with Gasteiger partial charge in [0.1, 0.15) is 5.01 Å². The fraction of sp³-hybridized carbons (Fsp3) is 0.300. The van der Waals surface area contributed by atoms with Gasteiger partial charge in [0.25, 0.3) is 5.56 Å². The standard InChI is InChI=1S/C10H12N4OS/c1-6-5-13-10(16-6)7(2)14-8-9(15)12-4-3-11-8/h3-5,7H,1-2H3,(H,11,14)(H,12,15). The van der Waals surface area contributed by atoms with Gasteiger partial charge in [-0.3, -0.25) is 4.79 Å². The zero-order valence-corrected chi connectivity index (χ0v) is 9.84. The van der Waals surface area contributed by atoms with Gasteiger partial charge in [0.2, 0.25) is 0 Å². The van der Waals surface area contributed by atoms with E-state index in [9.17, 15) is 4.79 Å². The minimum absolute atomic E-state index is 0.0188. The van der Waals surface area contributed by atoms with Crippen LogP contribution in [0.25, 0.3) is 0 Å². The lowest BCUT2D eigenvalue weighted by Crippen LogP contribution is -2.17. The Balaban J connectivity index is 2.17. The summed E-state index contributed by atoms with van der Waals surface area (Å²) < 4.78 is 0. The molecule has 0 aliphatic rings. The largest absolute Gasteiger partial charge is 0.357 e. The van der Waals surface area contributed by atoms with E-state index in [1.165, 1.54) is 6.20 Å². The van der Waals surface area contributed by atoms with Crippen LogP contribution in [0.3, 0.4) is 0 Å². The van der Waals surface area contributed by atoms with E-state index >= 15 is 0 Å². The summed E-state index contributed by atoms with van der Waals surface area (Å²) in [6, 6.07) is -0.0188. The molecule has 2 heterocycles. The summed E-state index contributed by atoms with van der Waals surface area (Å²) in [5.41, 5.74) is -0.220. The first-order valence-corrected chi connectivity index (χ1v) is 5.71. The van der Waals surface area contributed by atoms with Crippen molar-refractivity contribution in [1.29, 1.82) is 0 Å². The summed E-state index contributed by atoms with van der Waals surface area (Å²) in [6.07, 6.45) is 4.87. The van der Waals surface area contributed by atoms with Crippen LogP contribution in [-0.4, -0.2) is 15.0 Å². The zero-order valence-electron chi connectivity index (χ0n) is 9.02. The van der Waals surface area contributed by atoms with Crippen LogP contribution in [0.2, 0.25) is 0 Å². The molecule has 6 heteroatoms. The number of aromatic nitrogens is 3. The van der Waals surface area contributed by atoms with Crippen LogP contribution in [0.4, 0.5) is 5.82 Å². The lowest BCUT2D eigenvalue weighted by atomic mass is 10.3. The lowest BCUT2D eigenvalue weighted by molar-refractivity contribution is 0.853. The zero-order chi connectivity index (χ0) is 11.5. The molecule has 2 N–H and O–H groups in total. The predicted molar refractivity (Wildman–Crippen MR) is 63.7 cm³/mol. The molecule has 1 unspecified atom stereocenters. The number of aromatic amines is 1. The van der Waals surface area contributed by atoms with E-state index < -0.39 is 0 Å². The van der Waals surface area contributed by atoms with E-state index in [0.29, 0.717) is 5.82 Å². The third-order valence-electron chi connectivity index (χ3n) is 2.07. The van der Waals surface area contributed by atoms with Crippen LogP contribution in [0, 0.1) is 6.92 Å². The van der Waals surface area contributed by atoms with Crippen LogP contribution in [-0.2, 0) is 0 Å². The van der Waals surface area contributed by atoms with Gasteiger partial charge in [0.15, 0.2) is 5.82 Å². The fourth-order valence-electron chi connectivity index (χ4n) is 1.29. The van der Waals surface area contributed by atoms with Crippen LogP contribution < -0.4 is 10.9 Å². The summed E-state index contributed by atoms with van der Waals surface area (Å²) in [4.78, 5) is 23.3.